The Morgan fingerprint density at radius 1 is 1.00 bits per heavy atom. The zero-order valence-corrected chi connectivity index (χ0v) is 12.9. The van der Waals surface area contributed by atoms with Gasteiger partial charge in [0.05, 0.1) is 21.8 Å². The predicted octanol–water partition coefficient (Wildman–Crippen LogP) is -0.789. The van der Waals surface area contributed by atoms with Crippen molar-refractivity contribution < 1.29 is 65.3 Å². The molecule has 0 aliphatic heterocycles. The molecule has 13 heavy (non-hydrogen) atoms. The van der Waals surface area contributed by atoms with E-state index in [2.05, 4.69) is 13.8 Å². The summed E-state index contributed by atoms with van der Waals surface area (Å²) in [5, 5.41) is 0. The Balaban J connectivity index is 0. The van der Waals surface area contributed by atoms with E-state index in [0.717, 1.165) is 25.7 Å². The van der Waals surface area contributed by atoms with Gasteiger partial charge < -0.3 is 13.9 Å². The average Bonchev–Trinajstić information content (AvgIpc) is 2.06. The van der Waals surface area contributed by atoms with Gasteiger partial charge in [-0.2, -0.15) is 0 Å². The molecule has 0 saturated carbocycles. The fourth-order valence-electron chi connectivity index (χ4n) is 0.604. The van der Waals surface area contributed by atoms with Gasteiger partial charge in [0.15, 0.2) is 0 Å². The molecule has 0 unspecified atom stereocenters. The van der Waals surface area contributed by atoms with Crippen LogP contribution in [0.4, 0.5) is 0 Å². The number of unbranched alkanes of at least 4 members (excludes halogenated alkanes) is 2. The molecule has 0 aromatic carbocycles. The maximum atomic E-state index is 10.9. The van der Waals surface area contributed by atoms with Crippen LogP contribution in [0.5, 0.6) is 0 Å². The second-order valence-electron chi connectivity index (χ2n) is 2.60. The van der Waals surface area contributed by atoms with Crippen LogP contribution in [0.2, 0.25) is 0 Å². The van der Waals surface area contributed by atoms with Gasteiger partial charge in [-0.15, -0.1) is 0 Å². The molecule has 0 heterocycles. The molecule has 0 saturated heterocycles. The Bertz CT molecular complexity index is 85.5. The van der Waals surface area contributed by atoms with Crippen LogP contribution in [0.25, 0.3) is 0 Å². The van der Waals surface area contributed by atoms with Crippen molar-refractivity contribution in [2.75, 3.05) is 13.2 Å². The molecule has 0 aromatic heterocycles. The van der Waals surface area contributed by atoms with Gasteiger partial charge in [-0.05, 0) is 12.8 Å². The number of rotatable bonds is 8. The van der Waals surface area contributed by atoms with E-state index in [9.17, 15) is 4.89 Å². The van der Waals surface area contributed by atoms with E-state index in [-0.39, 0.29) is 51.4 Å². The minimum Gasteiger partial charge on any atom is -0.786 e. The fourth-order valence-corrected chi connectivity index (χ4v) is 1.23. The molecule has 0 N–H and O–H groups in total. The van der Waals surface area contributed by atoms with Crippen molar-refractivity contribution in [1.29, 1.82) is 0 Å². The van der Waals surface area contributed by atoms with Crippen LogP contribution in [0.3, 0.4) is 0 Å². The van der Waals surface area contributed by atoms with E-state index in [4.69, 9.17) is 9.05 Å². The van der Waals surface area contributed by atoms with Gasteiger partial charge in [0.1, 0.15) is 0 Å². The molecule has 3 nitrogen and oxygen atoms in total. The van der Waals surface area contributed by atoms with Gasteiger partial charge in [0.2, 0.25) is 0 Å². The molecule has 0 amide bonds. The Kier molecular flexibility index (Phi) is 18.6. The van der Waals surface area contributed by atoms with Gasteiger partial charge in [-0.3, -0.25) is 0 Å². The van der Waals surface area contributed by atoms with Crippen molar-refractivity contribution in [2.45, 2.75) is 39.5 Å². The summed E-state index contributed by atoms with van der Waals surface area (Å²) < 4.78 is 9.83. The summed E-state index contributed by atoms with van der Waals surface area (Å²) >= 11 is 0. The van der Waals surface area contributed by atoms with Gasteiger partial charge >= 0.3 is 51.4 Å². The van der Waals surface area contributed by atoms with Crippen molar-refractivity contribution in [3.8, 4) is 0 Å². The standard InChI is InChI=1S/C8H18O3P.K/c1-3-5-7-10-12(9)11-8-6-4-2;/h3-8H2,1-2H3;/q-1;+1. The molecule has 5 heteroatoms. The van der Waals surface area contributed by atoms with E-state index < -0.39 is 8.60 Å². The minimum atomic E-state index is -1.85. The molecule has 0 spiro atoms. The van der Waals surface area contributed by atoms with Gasteiger partial charge in [0.25, 0.3) is 0 Å². The van der Waals surface area contributed by atoms with Crippen LogP contribution in [0.1, 0.15) is 39.5 Å². The first-order chi connectivity index (χ1) is 5.81. The summed E-state index contributed by atoms with van der Waals surface area (Å²) in [7, 11) is -1.85. The van der Waals surface area contributed by atoms with Gasteiger partial charge in [-0.1, -0.05) is 26.7 Å². The molecule has 0 radical (unpaired) electrons. The van der Waals surface area contributed by atoms with Crippen LogP contribution in [-0.4, -0.2) is 13.2 Å². The molecule has 0 aromatic rings. The number of hydrogen-bond acceptors (Lipinski definition) is 3. The van der Waals surface area contributed by atoms with Gasteiger partial charge in [-0.25, -0.2) is 0 Å². The molecule has 74 valence electrons. The minimum absolute atomic E-state index is 0. The third kappa shape index (κ3) is 13.9. The average molecular weight is 232 g/mol. The normalized spacial score (nSPS) is 10.2. The maximum Gasteiger partial charge on any atom is 1.00 e. The summed E-state index contributed by atoms with van der Waals surface area (Å²) in [5.41, 5.74) is 0. The molecular formula is C8H18KO3P. The Hall–Kier alpha value is 1.95. The summed E-state index contributed by atoms with van der Waals surface area (Å²) in [6.45, 7) is 5.21. The van der Waals surface area contributed by atoms with Crippen LogP contribution < -0.4 is 56.3 Å². The van der Waals surface area contributed by atoms with Crippen molar-refractivity contribution in [3.05, 3.63) is 0 Å². The van der Waals surface area contributed by atoms with Crippen molar-refractivity contribution >= 4 is 8.60 Å². The van der Waals surface area contributed by atoms with Crippen LogP contribution in [0, 0.1) is 0 Å². The number of hydrogen-bond donors (Lipinski definition) is 0. The topological polar surface area (TPSA) is 41.5 Å². The fraction of sp³-hybridized carbons (Fsp3) is 1.00. The molecule has 0 fully saturated rings. The van der Waals surface area contributed by atoms with Crippen LogP contribution in [0.15, 0.2) is 0 Å². The quantitative estimate of drug-likeness (QED) is 0.313. The molecule has 0 aliphatic carbocycles. The van der Waals surface area contributed by atoms with Crippen molar-refractivity contribution in [1.82, 2.24) is 0 Å². The third-order valence-electron chi connectivity index (χ3n) is 1.39. The first-order valence-corrected chi connectivity index (χ1v) is 5.63. The summed E-state index contributed by atoms with van der Waals surface area (Å²) in [4.78, 5) is 10.9. The van der Waals surface area contributed by atoms with Crippen molar-refractivity contribution in [3.63, 3.8) is 0 Å². The Labute approximate surface area is 125 Å². The summed E-state index contributed by atoms with van der Waals surface area (Å²) in [6, 6.07) is 0. The molecule has 0 rings (SSSR count). The van der Waals surface area contributed by atoms with E-state index in [1.165, 1.54) is 0 Å². The van der Waals surface area contributed by atoms with Crippen LogP contribution >= 0.6 is 8.60 Å². The largest absolute Gasteiger partial charge is 1.00 e. The molecule has 0 atom stereocenters. The van der Waals surface area contributed by atoms with E-state index >= 15 is 0 Å². The zero-order valence-electron chi connectivity index (χ0n) is 8.91. The smallest absolute Gasteiger partial charge is 0.786 e. The molecular weight excluding hydrogens is 214 g/mol. The zero-order chi connectivity index (χ0) is 9.23. The monoisotopic (exact) mass is 232 g/mol. The SMILES string of the molecule is CCCCOP([O-])OCCCC.[K+]. The maximum absolute atomic E-state index is 10.9. The van der Waals surface area contributed by atoms with Crippen LogP contribution in [-0.2, 0) is 9.05 Å². The second kappa shape index (κ2) is 13.9. The van der Waals surface area contributed by atoms with Crippen molar-refractivity contribution in [2.24, 2.45) is 0 Å². The molecule has 0 bridgehead atoms. The first kappa shape index (κ1) is 17.3. The van der Waals surface area contributed by atoms with Gasteiger partial charge in [0, 0.05) is 0 Å². The predicted molar refractivity (Wildman–Crippen MR) is 48.6 cm³/mol. The van der Waals surface area contributed by atoms with E-state index in [1.54, 1.807) is 0 Å². The third-order valence-corrected chi connectivity index (χ3v) is 2.18. The molecule has 0 aliphatic rings. The summed E-state index contributed by atoms with van der Waals surface area (Å²) in [5.74, 6) is 0. The van der Waals surface area contributed by atoms with E-state index in [1.807, 2.05) is 0 Å². The Morgan fingerprint density at radius 2 is 1.38 bits per heavy atom. The Morgan fingerprint density at radius 3 is 1.69 bits per heavy atom. The second-order valence-corrected chi connectivity index (χ2v) is 3.56. The van der Waals surface area contributed by atoms with E-state index in [0.29, 0.717) is 13.2 Å². The summed E-state index contributed by atoms with van der Waals surface area (Å²) in [6.07, 6.45) is 3.99. The first-order valence-electron chi connectivity index (χ1n) is 4.54.